The molecule has 0 fully saturated rings. The van der Waals surface area contributed by atoms with Crippen molar-refractivity contribution >= 4 is 15.7 Å². The fourth-order valence-corrected chi connectivity index (χ4v) is 3.06. The predicted octanol–water partition coefficient (Wildman–Crippen LogP) is 1.52. The van der Waals surface area contributed by atoms with E-state index in [9.17, 15) is 8.42 Å². The van der Waals surface area contributed by atoms with Gasteiger partial charge in [-0.15, -0.1) is 0 Å². The molecule has 0 amide bonds. The summed E-state index contributed by atoms with van der Waals surface area (Å²) in [5.41, 5.74) is 6.11. The van der Waals surface area contributed by atoms with Gasteiger partial charge >= 0.3 is 0 Å². The summed E-state index contributed by atoms with van der Waals surface area (Å²) in [5, 5.41) is 3.24. The lowest BCUT2D eigenvalue weighted by Gasteiger charge is -2.18. The van der Waals surface area contributed by atoms with Gasteiger partial charge in [0.1, 0.15) is 4.90 Å². The average Bonchev–Trinajstić information content (AvgIpc) is 2.36. The van der Waals surface area contributed by atoms with Gasteiger partial charge < -0.3 is 11.1 Å². The molecular formula is C13H23N3O2S. The predicted molar refractivity (Wildman–Crippen MR) is 78.7 cm³/mol. The van der Waals surface area contributed by atoms with Crippen LogP contribution in [-0.4, -0.2) is 27.5 Å². The zero-order chi connectivity index (χ0) is 14.3. The molecule has 4 N–H and O–H groups in total. The molecule has 5 nitrogen and oxygen atoms in total. The molecule has 0 aliphatic rings. The molecule has 0 heterocycles. The standard InChI is InChI=1S/C13H23N3O2S/c1-3-15-19(17,18)13-9-5-4-8-12(13)16-11(2)7-6-10-14/h4-5,8-9,11,15-16H,3,6-7,10,14H2,1-2H3. The van der Waals surface area contributed by atoms with Crippen molar-refractivity contribution in [3.63, 3.8) is 0 Å². The molecule has 0 radical (unpaired) electrons. The maximum absolute atomic E-state index is 12.1. The quantitative estimate of drug-likeness (QED) is 0.676. The lowest BCUT2D eigenvalue weighted by Crippen LogP contribution is -2.25. The topological polar surface area (TPSA) is 84.2 Å². The van der Waals surface area contributed by atoms with Gasteiger partial charge in [0, 0.05) is 12.6 Å². The Morgan fingerprint density at radius 2 is 2.00 bits per heavy atom. The molecule has 0 spiro atoms. The molecule has 0 bridgehead atoms. The first-order valence-electron chi connectivity index (χ1n) is 6.56. The fraction of sp³-hybridized carbons (Fsp3) is 0.538. The van der Waals surface area contributed by atoms with Crippen LogP contribution in [0, 0.1) is 0 Å². The van der Waals surface area contributed by atoms with Gasteiger partial charge in [0.15, 0.2) is 0 Å². The van der Waals surface area contributed by atoms with Crippen LogP contribution in [0.2, 0.25) is 0 Å². The van der Waals surface area contributed by atoms with Gasteiger partial charge in [0.25, 0.3) is 0 Å². The van der Waals surface area contributed by atoms with E-state index in [1.165, 1.54) is 0 Å². The van der Waals surface area contributed by atoms with Gasteiger partial charge in [0.2, 0.25) is 10.0 Å². The summed E-state index contributed by atoms with van der Waals surface area (Å²) in [7, 11) is -3.44. The molecule has 0 saturated carbocycles. The Balaban J connectivity index is 2.90. The van der Waals surface area contributed by atoms with E-state index in [4.69, 9.17) is 5.73 Å². The second kappa shape index (κ2) is 7.47. The minimum atomic E-state index is -3.44. The first kappa shape index (κ1) is 15.9. The monoisotopic (exact) mass is 285 g/mol. The smallest absolute Gasteiger partial charge is 0.242 e. The average molecular weight is 285 g/mol. The molecule has 6 heteroatoms. The van der Waals surface area contributed by atoms with Gasteiger partial charge in [-0.2, -0.15) is 0 Å². The Morgan fingerprint density at radius 3 is 2.63 bits per heavy atom. The van der Waals surface area contributed by atoms with Crippen LogP contribution in [0.4, 0.5) is 5.69 Å². The first-order chi connectivity index (χ1) is 9.01. The van der Waals surface area contributed by atoms with E-state index in [-0.39, 0.29) is 10.9 Å². The lowest BCUT2D eigenvalue weighted by molar-refractivity contribution is 0.583. The maximum Gasteiger partial charge on any atom is 0.242 e. The van der Waals surface area contributed by atoms with Crippen molar-refractivity contribution in [2.45, 2.75) is 37.6 Å². The highest BCUT2D eigenvalue weighted by Crippen LogP contribution is 2.21. The largest absolute Gasteiger partial charge is 0.381 e. The van der Waals surface area contributed by atoms with Crippen LogP contribution >= 0.6 is 0 Å². The lowest BCUT2D eigenvalue weighted by atomic mass is 10.1. The van der Waals surface area contributed by atoms with Gasteiger partial charge in [0.05, 0.1) is 5.69 Å². The van der Waals surface area contributed by atoms with Crippen molar-refractivity contribution in [3.05, 3.63) is 24.3 Å². The molecule has 1 aromatic rings. The molecular weight excluding hydrogens is 262 g/mol. The summed E-state index contributed by atoms with van der Waals surface area (Å²) in [6, 6.07) is 7.11. The minimum absolute atomic E-state index is 0.182. The normalized spacial score (nSPS) is 13.2. The molecule has 108 valence electrons. The van der Waals surface area contributed by atoms with Crippen molar-refractivity contribution < 1.29 is 8.42 Å². The third-order valence-electron chi connectivity index (χ3n) is 2.75. The van der Waals surface area contributed by atoms with E-state index in [0.29, 0.717) is 18.8 Å². The maximum atomic E-state index is 12.1. The van der Waals surface area contributed by atoms with Gasteiger partial charge in [-0.1, -0.05) is 19.1 Å². The van der Waals surface area contributed by atoms with E-state index in [1.807, 2.05) is 13.0 Å². The number of nitrogens with two attached hydrogens (primary N) is 1. The van der Waals surface area contributed by atoms with Crippen molar-refractivity contribution in [3.8, 4) is 0 Å². The molecule has 19 heavy (non-hydrogen) atoms. The number of rotatable bonds is 8. The van der Waals surface area contributed by atoms with Crippen LogP contribution in [-0.2, 0) is 10.0 Å². The zero-order valence-electron chi connectivity index (χ0n) is 11.5. The number of benzene rings is 1. The first-order valence-corrected chi connectivity index (χ1v) is 8.05. The van der Waals surface area contributed by atoms with Crippen molar-refractivity contribution in [2.24, 2.45) is 5.73 Å². The number of anilines is 1. The number of nitrogens with one attached hydrogen (secondary N) is 2. The summed E-state index contributed by atoms with van der Waals surface area (Å²) >= 11 is 0. The molecule has 0 aliphatic carbocycles. The summed E-state index contributed by atoms with van der Waals surface area (Å²) in [6.07, 6.45) is 1.82. The van der Waals surface area contributed by atoms with E-state index < -0.39 is 10.0 Å². The third-order valence-corrected chi connectivity index (χ3v) is 4.36. The van der Waals surface area contributed by atoms with Gasteiger partial charge in [-0.05, 0) is 38.4 Å². The van der Waals surface area contributed by atoms with E-state index in [0.717, 1.165) is 12.8 Å². The molecule has 0 aliphatic heterocycles. The van der Waals surface area contributed by atoms with Gasteiger partial charge in [-0.25, -0.2) is 13.1 Å². The number of sulfonamides is 1. The molecule has 1 unspecified atom stereocenters. The number of para-hydroxylation sites is 1. The van der Waals surface area contributed by atoms with Crippen LogP contribution in [0.15, 0.2) is 29.2 Å². The Kier molecular flexibility index (Phi) is 6.27. The highest BCUT2D eigenvalue weighted by atomic mass is 32.2. The molecule has 1 aromatic carbocycles. The fourth-order valence-electron chi connectivity index (χ4n) is 1.85. The summed E-state index contributed by atoms with van der Waals surface area (Å²) < 4.78 is 26.7. The van der Waals surface area contributed by atoms with E-state index >= 15 is 0 Å². The second-order valence-electron chi connectivity index (χ2n) is 4.47. The minimum Gasteiger partial charge on any atom is -0.381 e. The van der Waals surface area contributed by atoms with Crippen LogP contribution in [0.1, 0.15) is 26.7 Å². The number of hydrogen-bond acceptors (Lipinski definition) is 4. The van der Waals surface area contributed by atoms with E-state index in [2.05, 4.69) is 10.0 Å². The Hall–Kier alpha value is -1.11. The third kappa shape index (κ3) is 4.81. The van der Waals surface area contributed by atoms with Crippen LogP contribution < -0.4 is 15.8 Å². The highest BCUT2D eigenvalue weighted by molar-refractivity contribution is 7.89. The zero-order valence-corrected chi connectivity index (χ0v) is 12.3. The SMILES string of the molecule is CCNS(=O)(=O)c1ccccc1NC(C)CCCN. The van der Waals surface area contributed by atoms with E-state index in [1.54, 1.807) is 25.1 Å². The Bertz CT molecular complexity index is 488. The highest BCUT2D eigenvalue weighted by Gasteiger charge is 2.17. The Morgan fingerprint density at radius 1 is 1.32 bits per heavy atom. The van der Waals surface area contributed by atoms with Gasteiger partial charge in [-0.3, -0.25) is 0 Å². The van der Waals surface area contributed by atoms with Crippen molar-refractivity contribution in [1.82, 2.24) is 4.72 Å². The molecule has 1 rings (SSSR count). The van der Waals surface area contributed by atoms with Crippen molar-refractivity contribution in [1.29, 1.82) is 0 Å². The summed E-state index contributed by atoms with van der Waals surface area (Å²) in [4.78, 5) is 0.288. The molecule has 0 aromatic heterocycles. The molecule has 0 saturated heterocycles. The summed E-state index contributed by atoms with van der Waals surface area (Å²) in [5.74, 6) is 0. The Labute approximate surface area is 115 Å². The number of hydrogen-bond donors (Lipinski definition) is 3. The second-order valence-corrected chi connectivity index (χ2v) is 6.21. The van der Waals surface area contributed by atoms with Crippen LogP contribution in [0.3, 0.4) is 0 Å². The molecule has 1 atom stereocenters. The van der Waals surface area contributed by atoms with Crippen molar-refractivity contribution in [2.75, 3.05) is 18.4 Å². The van der Waals surface area contributed by atoms with Crippen LogP contribution in [0.5, 0.6) is 0 Å². The van der Waals surface area contributed by atoms with Crippen LogP contribution in [0.25, 0.3) is 0 Å². The summed E-state index contributed by atoms with van der Waals surface area (Å²) in [6.45, 7) is 4.80.